The molecule has 23 heavy (non-hydrogen) atoms. The first kappa shape index (κ1) is 13.7. The molecule has 6 heteroatoms. The average Bonchev–Trinajstić information content (AvgIpc) is 2.58. The topological polar surface area (TPSA) is 73.8 Å². The summed E-state index contributed by atoms with van der Waals surface area (Å²) >= 11 is 5.91. The predicted molar refractivity (Wildman–Crippen MR) is 91.9 cm³/mol. The van der Waals surface area contributed by atoms with Crippen molar-refractivity contribution in [2.45, 2.75) is 0 Å². The van der Waals surface area contributed by atoms with Crippen LogP contribution in [-0.2, 0) is 0 Å². The Labute approximate surface area is 135 Å². The molecule has 0 atom stereocenters. The van der Waals surface area contributed by atoms with Crippen molar-refractivity contribution in [3.8, 4) is 11.4 Å². The minimum absolute atomic E-state index is 0.300. The van der Waals surface area contributed by atoms with Crippen LogP contribution in [-0.4, -0.2) is 14.6 Å². The van der Waals surface area contributed by atoms with E-state index in [2.05, 4.69) is 9.97 Å². The van der Waals surface area contributed by atoms with Crippen LogP contribution in [0.4, 0.5) is 0 Å². The number of nitrogens with two attached hydrogens (primary N) is 1. The van der Waals surface area contributed by atoms with Crippen molar-refractivity contribution in [3.63, 3.8) is 0 Å². The van der Waals surface area contributed by atoms with Crippen molar-refractivity contribution in [3.05, 3.63) is 70.1 Å². The third-order valence-corrected chi connectivity index (χ3v) is 4.01. The zero-order chi connectivity index (χ0) is 16.0. The Kier molecular flexibility index (Phi) is 3.02. The number of pyridine rings is 1. The number of fused-ring (bicyclic) bond motifs is 3. The van der Waals surface area contributed by atoms with Gasteiger partial charge in [0.1, 0.15) is 0 Å². The van der Waals surface area contributed by atoms with Gasteiger partial charge in [-0.1, -0.05) is 11.6 Å². The highest BCUT2D eigenvalue weighted by molar-refractivity contribution is 6.30. The Hall–Kier alpha value is -2.92. The van der Waals surface area contributed by atoms with E-state index in [-0.39, 0.29) is 5.56 Å². The van der Waals surface area contributed by atoms with Gasteiger partial charge in [-0.05, 0) is 48.5 Å². The highest BCUT2D eigenvalue weighted by Crippen LogP contribution is 2.24. The lowest BCUT2D eigenvalue weighted by molar-refractivity contribution is 0.928. The van der Waals surface area contributed by atoms with Crippen LogP contribution >= 0.6 is 11.6 Å². The van der Waals surface area contributed by atoms with Crippen LogP contribution in [0.1, 0.15) is 0 Å². The molecule has 5 nitrogen and oxygen atoms in total. The van der Waals surface area contributed by atoms with E-state index in [0.717, 1.165) is 21.1 Å². The summed E-state index contributed by atoms with van der Waals surface area (Å²) in [4.78, 5) is 21.5. The number of halogens is 1. The van der Waals surface area contributed by atoms with Gasteiger partial charge in [0.2, 0.25) is 0 Å². The normalized spacial score (nSPS) is 11.2. The molecule has 4 rings (SSSR count). The maximum atomic E-state index is 12.6. The van der Waals surface area contributed by atoms with E-state index in [1.807, 2.05) is 12.1 Å². The minimum atomic E-state index is -0.300. The number of benzene rings is 2. The molecule has 0 spiro atoms. The molecule has 0 saturated heterocycles. The van der Waals surface area contributed by atoms with Gasteiger partial charge in [-0.3, -0.25) is 9.78 Å². The second kappa shape index (κ2) is 5.07. The fourth-order valence-corrected chi connectivity index (χ4v) is 2.74. The van der Waals surface area contributed by atoms with E-state index >= 15 is 0 Å². The van der Waals surface area contributed by atoms with E-state index in [4.69, 9.17) is 17.4 Å². The summed E-state index contributed by atoms with van der Waals surface area (Å²) in [6.45, 7) is 0. The summed E-state index contributed by atoms with van der Waals surface area (Å²) in [5, 5.41) is 1.89. The number of hydrogen-bond acceptors (Lipinski definition) is 4. The van der Waals surface area contributed by atoms with Crippen molar-refractivity contribution >= 4 is 33.4 Å². The molecule has 0 radical (unpaired) electrons. The first-order valence-corrected chi connectivity index (χ1v) is 7.34. The van der Waals surface area contributed by atoms with Crippen LogP contribution in [0.2, 0.25) is 5.02 Å². The number of aromatic nitrogens is 3. The third kappa shape index (κ3) is 2.13. The van der Waals surface area contributed by atoms with Gasteiger partial charge in [-0.2, -0.15) is 0 Å². The molecule has 0 amide bonds. The van der Waals surface area contributed by atoms with Crippen molar-refractivity contribution in [1.29, 1.82) is 0 Å². The SMILES string of the molecule is Nn1c(-c2ccc(Cl)cc2)nc2c(ccc3ncccc32)c1=O. The summed E-state index contributed by atoms with van der Waals surface area (Å²) in [6.07, 6.45) is 1.71. The van der Waals surface area contributed by atoms with E-state index in [0.29, 0.717) is 21.7 Å². The molecule has 0 saturated carbocycles. The molecular formula is C17H11ClN4O. The minimum Gasteiger partial charge on any atom is -0.334 e. The van der Waals surface area contributed by atoms with Gasteiger partial charge in [-0.15, -0.1) is 0 Å². The Bertz CT molecular complexity index is 1100. The lowest BCUT2D eigenvalue weighted by Crippen LogP contribution is -2.29. The van der Waals surface area contributed by atoms with Crippen LogP contribution in [0.15, 0.2) is 59.5 Å². The van der Waals surface area contributed by atoms with Crippen molar-refractivity contribution in [2.24, 2.45) is 0 Å². The van der Waals surface area contributed by atoms with Gasteiger partial charge in [0.05, 0.1) is 16.4 Å². The molecule has 0 bridgehead atoms. The lowest BCUT2D eigenvalue weighted by atomic mass is 10.1. The van der Waals surface area contributed by atoms with Crippen LogP contribution in [0.5, 0.6) is 0 Å². The Balaban J connectivity index is 2.13. The molecule has 0 aliphatic heterocycles. The monoisotopic (exact) mass is 322 g/mol. The second-order valence-corrected chi connectivity index (χ2v) is 5.59. The van der Waals surface area contributed by atoms with E-state index in [9.17, 15) is 4.79 Å². The van der Waals surface area contributed by atoms with Gasteiger partial charge in [-0.25, -0.2) is 9.66 Å². The quantitative estimate of drug-likeness (QED) is 0.432. The molecular weight excluding hydrogens is 312 g/mol. The van der Waals surface area contributed by atoms with Gasteiger partial charge in [0.25, 0.3) is 5.56 Å². The molecule has 2 N–H and O–H groups in total. The van der Waals surface area contributed by atoms with Crippen molar-refractivity contribution in [2.75, 3.05) is 5.84 Å². The Morgan fingerprint density at radius 2 is 1.78 bits per heavy atom. The maximum Gasteiger partial charge on any atom is 0.280 e. The standard InChI is InChI=1S/C17H11ClN4O/c18-11-5-3-10(4-6-11)16-21-15-12-2-1-9-20-14(12)8-7-13(15)17(23)22(16)19/h1-9H,19H2. The Morgan fingerprint density at radius 1 is 1.00 bits per heavy atom. The zero-order valence-corrected chi connectivity index (χ0v) is 12.7. The molecule has 2 heterocycles. The molecule has 2 aromatic heterocycles. The van der Waals surface area contributed by atoms with E-state index in [1.54, 1.807) is 42.6 Å². The summed E-state index contributed by atoms with van der Waals surface area (Å²) < 4.78 is 1.06. The van der Waals surface area contributed by atoms with Gasteiger partial charge >= 0.3 is 0 Å². The van der Waals surface area contributed by atoms with Gasteiger partial charge < -0.3 is 5.84 Å². The van der Waals surface area contributed by atoms with Gasteiger partial charge in [0, 0.05) is 22.2 Å². The van der Waals surface area contributed by atoms with E-state index in [1.165, 1.54) is 0 Å². The van der Waals surface area contributed by atoms with Crippen molar-refractivity contribution in [1.82, 2.24) is 14.6 Å². The van der Waals surface area contributed by atoms with Crippen LogP contribution in [0, 0.1) is 0 Å². The summed E-state index contributed by atoms with van der Waals surface area (Å²) in [7, 11) is 0. The summed E-state index contributed by atoms with van der Waals surface area (Å²) in [5.74, 6) is 6.34. The number of hydrogen-bond donors (Lipinski definition) is 1. The molecule has 2 aromatic carbocycles. The summed E-state index contributed by atoms with van der Waals surface area (Å²) in [5.41, 5.74) is 1.79. The molecule has 0 fully saturated rings. The fourth-order valence-electron chi connectivity index (χ4n) is 2.62. The molecule has 4 aromatic rings. The average molecular weight is 323 g/mol. The van der Waals surface area contributed by atoms with Crippen LogP contribution in [0.25, 0.3) is 33.2 Å². The zero-order valence-electron chi connectivity index (χ0n) is 11.9. The highest BCUT2D eigenvalue weighted by atomic mass is 35.5. The molecule has 0 unspecified atom stereocenters. The highest BCUT2D eigenvalue weighted by Gasteiger charge is 2.13. The molecule has 0 aliphatic rings. The first-order chi connectivity index (χ1) is 11.1. The third-order valence-electron chi connectivity index (χ3n) is 3.75. The van der Waals surface area contributed by atoms with Crippen molar-refractivity contribution < 1.29 is 0 Å². The van der Waals surface area contributed by atoms with E-state index < -0.39 is 0 Å². The van der Waals surface area contributed by atoms with Crippen LogP contribution < -0.4 is 11.4 Å². The van der Waals surface area contributed by atoms with Gasteiger partial charge in [0.15, 0.2) is 5.82 Å². The first-order valence-electron chi connectivity index (χ1n) is 6.96. The molecule has 112 valence electrons. The molecule has 0 aliphatic carbocycles. The maximum absolute atomic E-state index is 12.6. The fraction of sp³-hybridized carbons (Fsp3) is 0. The second-order valence-electron chi connectivity index (χ2n) is 5.15. The van der Waals surface area contributed by atoms with Crippen LogP contribution in [0.3, 0.4) is 0 Å². The summed E-state index contributed by atoms with van der Waals surface area (Å²) in [6, 6.07) is 14.2. The number of rotatable bonds is 1. The Morgan fingerprint density at radius 3 is 2.57 bits per heavy atom. The predicted octanol–water partition coefficient (Wildman–Crippen LogP) is 2.98. The number of nitrogens with zero attached hydrogens (tertiary/aromatic N) is 3. The lowest BCUT2D eigenvalue weighted by Gasteiger charge is -2.10. The number of nitrogen functional groups attached to an aromatic ring is 1. The largest absolute Gasteiger partial charge is 0.334 e. The smallest absolute Gasteiger partial charge is 0.280 e.